The molecule has 0 spiro atoms. The van der Waals surface area contributed by atoms with Gasteiger partial charge in [0.05, 0.1) is 35.2 Å². The van der Waals surface area contributed by atoms with Crippen LogP contribution >= 0.6 is 11.6 Å². The summed E-state index contributed by atoms with van der Waals surface area (Å²) >= 11 is 6.50. The minimum atomic E-state index is -1.26. The van der Waals surface area contributed by atoms with Crippen LogP contribution < -0.4 is 10.1 Å². The molecule has 3 aromatic rings. The number of fused-ring (bicyclic) bond motifs is 1. The molecule has 2 heterocycles. The Bertz CT molecular complexity index is 1310. The normalized spacial score (nSPS) is 18.1. The van der Waals surface area contributed by atoms with E-state index in [2.05, 4.69) is 5.32 Å². The molecule has 1 aliphatic rings. The van der Waals surface area contributed by atoms with Crippen molar-refractivity contribution in [3.05, 3.63) is 64.1 Å². The van der Waals surface area contributed by atoms with Crippen LogP contribution in [0.4, 0.5) is 4.39 Å². The van der Waals surface area contributed by atoms with Crippen molar-refractivity contribution >= 4 is 34.4 Å². The van der Waals surface area contributed by atoms with E-state index in [4.69, 9.17) is 21.1 Å². The van der Waals surface area contributed by atoms with Crippen molar-refractivity contribution in [1.82, 2.24) is 9.88 Å². The summed E-state index contributed by atoms with van der Waals surface area (Å²) in [6.07, 6.45) is 0.373. The Morgan fingerprint density at radius 2 is 2.03 bits per heavy atom. The Balaban J connectivity index is 1.74. The summed E-state index contributed by atoms with van der Waals surface area (Å²) in [6, 6.07) is 9.66. The molecule has 2 N–H and O–H groups in total. The van der Waals surface area contributed by atoms with Gasteiger partial charge in [-0.05, 0) is 50.6 Å². The molecule has 1 atom stereocenters. The molecule has 1 aromatic heterocycles. The number of rotatable bonds is 7. The monoisotopic (exact) mass is 502 g/mol. The lowest BCUT2D eigenvalue weighted by atomic mass is 9.81. The van der Waals surface area contributed by atoms with E-state index in [9.17, 15) is 14.7 Å². The molecule has 1 unspecified atom stereocenters. The number of aromatic nitrogens is 1. The zero-order valence-corrected chi connectivity index (χ0v) is 20.8. The van der Waals surface area contributed by atoms with Gasteiger partial charge in [0.15, 0.2) is 0 Å². The molecule has 4 rings (SSSR count). The summed E-state index contributed by atoms with van der Waals surface area (Å²) < 4.78 is 28.1. The highest BCUT2D eigenvalue weighted by Gasteiger charge is 2.42. The number of aliphatic carboxylic acids is 1. The lowest BCUT2D eigenvalue weighted by Gasteiger charge is -2.31. The second-order valence-electron chi connectivity index (χ2n) is 9.25. The fourth-order valence-corrected chi connectivity index (χ4v) is 4.90. The van der Waals surface area contributed by atoms with Crippen LogP contribution in [-0.4, -0.2) is 41.9 Å². The van der Waals surface area contributed by atoms with Crippen molar-refractivity contribution in [2.24, 2.45) is 0 Å². The van der Waals surface area contributed by atoms with Crippen LogP contribution in [0.5, 0.6) is 5.75 Å². The van der Waals surface area contributed by atoms with Gasteiger partial charge in [0.25, 0.3) is 5.91 Å². The smallest absolute Gasteiger partial charge is 0.313 e. The number of carboxylic acid groups (broad SMARTS) is 1. The van der Waals surface area contributed by atoms with Gasteiger partial charge in [-0.15, -0.1) is 0 Å². The third-order valence-electron chi connectivity index (χ3n) is 6.87. The van der Waals surface area contributed by atoms with Crippen LogP contribution in [0.2, 0.25) is 5.02 Å². The van der Waals surface area contributed by atoms with E-state index in [0.29, 0.717) is 47.0 Å². The number of benzene rings is 2. The van der Waals surface area contributed by atoms with Gasteiger partial charge >= 0.3 is 5.97 Å². The summed E-state index contributed by atoms with van der Waals surface area (Å²) in [4.78, 5) is 25.2. The van der Waals surface area contributed by atoms with E-state index in [0.717, 1.165) is 5.52 Å². The van der Waals surface area contributed by atoms with Gasteiger partial charge in [-0.2, -0.15) is 0 Å². The Morgan fingerprint density at radius 3 is 2.60 bits per heavy atom. The highest BCUT2D eigenvalue weighted by atomic mass is 35.5. The number of aryl methyl sites for hydroxylation is 1. The topological polar surface area (TPSA) is 89.8 Å². The molecule has 2 aromatic carbocycles. The molecule has 1 amide bonds. The third kappa shape index (κ3) is 4.15. The number of ether oxygens (including phenoxy) is 2. The molecule has 0 aliphatic carbocycles. The molecule has 0 radical (unpaired) electrons. The van der Waals surface area contributed by atoms with Gasteiger partial charge < -0.3 is 24.5 Å². The largest absolute Gasteiger partial charge is 0.495 e. The number of carbonyl (C=O) groups is 2. The second kappa shape index (κ2) is 9.17. The lowest BCUT2D eigenvalue weighted by molar-refractivity contribution is -0.142. The molecule has 1 aliphatic heterocycles. The molecule has 186 valence electrons. The SMILES string of the molecule is CCn1c(C(=O)NC2(c3ccc(C(C)(C)C(=O)O)cc3F)CCOC2)cc2c(Cl)c(OC)ccc21. The fraction of sp³-hybridized carbons (Fsp3) is 0.385. The quantitative estimate of drug-likeness (QED) is 0.481. The number of hydrogen-bond acceptors (Lipinski definition) is 4. The van der Waals surface area contributed by atoms with E-state index >= 15 is 4.39 Å². The van der Waals surface area contributed by atoms with E-state index in [1.807, 2.05) is 17.6 Å². The van der Waals surface area contributed by atoms with Crippen LogP contribution in [-0.2, 0) is 27.0 Å². The van der Waals surface area contributed by atoms with Crippen molar-refractivity contribution in [2.75, 3.05) is 20.3 Å². The summed E-state index contributed by atoms with van der Waals surface area (Å²) in [5.74, 6) is -1.53. The first kappa shape index (κ1) is 25.0. The predicted molar refractivity (Wildman–Crippen MR) is 131 cm³/mol. The van der Waals surface area contributed by atoms with Crippen molar-refractivity contribution in [3.8, 4) is 5.75 Å². The summed E-state index contributed by atoms with van der Waals surface area (Å²) in [5, 5.41) is 13.6. The van der Waals surface area contributed by atoms with Gasteiger partial charge in [-0.25, -0.2) is 4.39 Å². The number of carbonyl (C=O) groups excluding carboxylic acids is 1. The number of nitrogens with one attached hydrogen (secondary N) is 1. The zero-order chi connectivity index (χ0) is 25.5. The summed E-state index contributed by atoms with van der Waals surface area (Å²) in [5.41, 5.74) is -0.596. The minimum absolute atomic E-state index is 0.0955. The van der Waals surface area contributed by atoms with Crippen LogP contribution in [0.1, 0.15) is 48.8 Å². The molecular formula is C26H28ClFN2O5. The number of methoxy groups -OCH3 is 1. The van der Waals surface area contributed by atoms with Crippen molar-refractivity contribution < 1.29 is 28.6 Å². The lowest BCUT2D eigenvalue weighted by Crippen LogP contribution is -2.47. The van der Waals surface area contributed by atoms with E-state index in [1.54, 1.807) is 24.3 Å². The standard InChI is InChI=1S/C26H28ClFN2O5/c1-5-30-19-8-9-21(34-4)22(27)16(19)13-20(30)23(31)29-26(10-11-35-14-26)17-7-6-15(12-18(17)28)25(2,3)24(32)33/h6-9,12-13H,5,10-11,14H2,1-4H3,(H,29,31)(H,32,33). The Labute approximate surface area is 207 Å². The Morgan fingerprint density at radius 1 is 1.29 bits per heavy atom. The van der Waals surface area contributed by atoms with E-state index in [1.165, 1.54) is 27.0 Å². The molecule has 35 heavy (non-hydrogen) atoms. The molecule has 0 bridgehead atoms. The maximum Gasteiger partial charge on any atom is 0.313 e. The van der Waals surface area contributed by atoms with Gasteiger partial charge in [-0.1, -0.05) is 23.7 Å². The number of nitrogens with zero attached hydrogens (tertiary/aromatic N) is 1. The number of carboxylic acids is 1. The maximum absolute atomic E-state index is 15.4. The van der Waals surface area contributed by atoms with Gasteiger partial charge in [0, 0.05) is 30.5 Å². The highest BCUT2D eigenvalue weighted by Crippen LogP contribution is 2.37. The third-order valence-corrected chi connectivity index (χ3v) is 7.26. The molecular weight excluding hydrogens is 475 g/mol. The van der Waals surface area contributed by atoms with Gasteiger partial charge in [0.2, 0.25) is 0 Å². The van der Waals surface area contributed by atoms with Crippen molar-refractivity contribution in [2.45, 2.75) is 44.7 Å². The average Bonchev–Trinajstić information content (AvgIpc) is 3.44. The predicted octanol–water partition coefficient (Wildman–Crippen LogP) is 4.87. The Kier molecular flexibility index (Phi) is 6.55. The molecule has 0 saturated carbocycles. The maximum atomic E-state index is 15.4. The molecule has 7 nitrogen and oxygen atoms in total. The number of halogens is 2. The van der Waals surface area contributed by atoms with E-state index in [-0.39, 0.29) is 12.2 Å². The molecule has 9 heteroatoms. The second-order valence-corrected chi connectivity index (χ2v) is 9.63. The van der Waals surface area contributed by atoms with Crippen LogP contribution in [0.15, 0.2) is 36.4 Å². The summed E-state index contributed by atoms with van der Waals surface area (Å²) in [6.45, 7) is 5.92. The highest BCUT2D eigenvalue weighted by molar-refractivity contribution is 6.37. The molecule has 1 fully saturated rings. The zero-order valence-electron chi connectivity index (χ0n) is 20.1. The number of amides is 1. The van der Waals surface area contributed by atoms with Gasteiger partial charge in [0.1, 0.15) is 17.3 Å². The Hall–Kier alpha value is -3.10. The van der Waals surface area contributed by atoms with Gasteiger partial charge in [-0.3, -0.25) is 9.59 Å². The minimum Gasteiger partial charge on any atom is -0.495 e. The number of hydrogen-bond donors (Lipinski definition) is 2. The van der Waals surface area contributed by atoms with Crippen molar-refractivity contribution in [1.29, 1.82) is 0 Å². The van der Waals surface area contributed by atoms with Crippen LogP contribution in [0.3, 0.4) is 0 Å². The summed E-state index contributed by atoms with van der Waals surface area (Å²) in [7, 11) is 1.53. The van der Waals surface area contributed by atoms with Crippen molar-refractivity contribution in [3.63, 3.8) is 0 Å². The molecule has 1 saturated heterocycles. The first-order valence-electron chi connectivity index (χ1n) is 11.4. The first-order valence-corrected chi connectivity index (χ1v) is 11.7. The fourth-order valence-electron chi connectivity index (χ4n) is 4.61. The van der Waals surface area contributed by atoms with Crippen LogP contribution in [0, 0.1) is 5.82 Å². The van der Waals surface area contributed by atoms with E-state index < -0.39 is 28.6 Å². The average molecular weight is 503 g/mol. The first-order chi connectivity index (χ1) is 16.6. The van der Waals surface area contributed by atoms with Crippen LogP contribution in [0.25, 0.3) is 10.9 Å².